The number of rotatable bonds is 1. The Balaban J connectivity index is 2.41. The molecule has 90 valence electrons. The van der Waals surface area contributed by atoms with Crippen LogP contribution in [0.25, 0.3) is 0 Å². The Hall–Kier alpha value is -1.26. The Morgan fingerprint density at radius 1 is 1.35 bits per heavy atom. The Morgan fingerprint density at radius 3 is 2.76 bits per heavy atom. The van der Waals surface area contributed by atoms with Crippen molar-refractivity contribution in [2.45, 2.75) is 13.0 Å². The second-order valence-corrected chi connectivity index (χ2v) is 4.65. The van der Waals surface area contributed by atoms with E-state index in [0.29, 0.717) is 15.7 Å². The molecule has 1 aliphatic rings. The van der Waals surface area contributed by atoms with Crippen molar-refractivity contribution in [1.29, 1.82) is 0 Å². The molecule has 0 spiro atoms. The number of benzene rings is 1. The maximum atomic E-state index is 11.9. The predicted molar refractivity (Wildman–Crippen MR) is 66.4 cm³/mol. The first kappa shape index (κ1) is 12.2. The lowest BCUT2D eigenvalue weighted by molar-refractivity contribution is -0.130. The zero-order valence-electron chi connectivity index (χ0n) is 9.04. The summed E-state index contributed by atoms with van der Waals surface area (Å²) >= 11 is 11.9. The molecule has 1 aromatic rings. The fraction of sp³-hybridized carbons (Fsp3) is 0.273. The largest absolute Gasteiger partial charge is 0.343 e. The number of halogens is 2. The van der Waals surface area contributed by atoms with E-state index in [0.717, 1.165) is 0 Å². The standard InChI is InChI=1S/C11H10Cl2N2O2/c1-6-11(17)15(5-10(16)14-6)9-4-7(12)2-3-8(9)13/h2-4,6H,5H2,1H3,(H,14,16). The molecule has 0 aromatic heterocycles. The Kier molecular flexibility index (Phi) is 3.26. The Bertz CT molecular complexity index is 490. The fourth-order valence-corrected chi connectivity index (χ4v) is 2.09. The first-order valence-electron chi connectivity index (χ1n) is 5.05. The van der Waals surface area contributed by atoms with Gasteiger partial charge < -0.3 is 5.32 Å². The van der Waals surface area contributed by atoms with Gasteiger partial charge in [0.2, 0.25) is 11.8 Å². The maximum Gasteiger partial charge on any atom is 0.249 e. The van der Waals surface area contributed by atoms with E-state index in [-0.39, 0.29) is 18.4 Å². The number of carbonyl (C=O) groups is 2. The summed E-state index contributed by atoms with van der Waals surface area (Å²) in [6, 6.07) is 4.26. The third-order valence-corrected chi connectivity index (χ3v) is 3.07. The summed E-state index contributed by atoms with van der Waals surface area (Å²) in [5, 5.41) is 3.42. The van der Waals surface area contributed by atoms with Gasteiger partial charge in [-0.3, -0.25) is 14.5 Å². The first-order chi connectivity index (χ1) is 7.99. The smallest absolute Gasteiger partial charge is 0.249 e. The highest BCUT2D eigenvalue weighted by Gasteiger charge is 2.31. The summed E-state index contributed by atoms with van der Waals surface area (Å²) in [6.07, 6.45) is 0. The van der Waals surface area contributed by atoms with Crippen molar-refractivity contribution >= 4 is 40.7 Å². The molecule has 6 heteroatoms. The lowest BCUT2D eigenvalue weighted by Crippen LogP contribution is -2.57. The molecule has 0 saturated carbocycles. The van der Waals surface area contributed by atoms with E-state index in [2.05, 4.69) is 5.32 Å². The van der Waals surface area contributed by atoms with Gasteiger partial charge in [0.15, 0.2) is 0 Å². The number of nitrogens with zero attached hydrogens (tertiary/aromatic N) is 1. The highest BCUT2D eigenvalue weighted by atomic mass is 35.5. The first-order valence-corrected chi connectivity index (χ1v) is 5.80. The molecular weight excluding hydrogens is 263 g/mol. The van der Waals surface area contributed by atoms with Crippen LogP contribution < -0.4 is 10.2 Å². The van der Waals surface area contributed by atoms with Crippen molar-refractivity contribution in [1.82, 2.24) is 5.32 Å². The molecule has 1 saturated heterocycles. The molecule has 1 atom stereocenters. The van der Waals surface area contributed by atoms with Crippen molar-refractivity contribution in [2.24, 2.45) is 0 Å². The molecule has 0 aliphatic carbocycles. The molecule has 0 radical (unpaired) electrons. The number of carbonyl (C=O) groups excluding carboxylic acids is 2. The Labute approximate surface area is 108 Å². The van der Waals surface area contributed by atoms with Crippen molar-refractivity contribution in [3.05, 3.63) is 28.2 Å². The van der Waals surface area contributed by atoms with Crippen molar-refractivity contribution < 1.29 is 9.59 Å². The minimum atomic E-state index is -0.550. The topological polar surface area (TPSA) is 49.4 Å². The molecule has 1 fully saturated rings. The van der Waals surface area contributed by atoms with Crippen LogP contribution in [-0.2, 0) is 9.59 Å². The summed E-state index contributed by atoms with van der Waals surface area (Å²) in [6.45, 7) is 1.59. The van der Waals surface area contributed by atoms with Gasteiger partial charge >= 0.3 is 0 Å². The van der Waals surface area contributed by atoms with Gasteiger partial charge in [0.1, 0.15) is 12.6 Å². The van der Waals surface area contributed by atoms with Gasteiger partial charge in [-0.1, -0.05) is 23.2 Å². The Morgan fingerprint density at radius 2 is 2.06 bits per heavy atom. The summed E-state index contributed by atoms with van der Waals surface area (Å²) in [4.78, 5) is 24.7. The lowest BCUT2D eigenvalue weighted by Gasteiger charge is -2.31. The number of hydrogen-bond acceptors (Lipinski definition) is 2. The zero-order valence-corrected chi connectivity index (χ0v) is 10.5. The van der Waals surface area contributed by atoms with Gasteiger partial charge in [0.05, 0.1) is 10.7 Å². The van der Waals surface area contributed by atoms with E-state index in [4.69, 9.17) is 23.2 Å². The summed E-state index contributed by atoms with van der Waals surface area (Å²) in [5.41, 5.74) is 0.464. The van der Waals surface area contributed by atoms with Crippen LogP contribution in [0.15, 0.2) is 18.2 Å². The van der Waals surface area contributed by atoms with Gasteiger partial charge in [0.25, 0.3) is 0 Å². The minimum Gasteiger partial charge on any atom is -0.343 e. The van der Waals surface area contributed by atoms with Gasteiger partial charge in [-0.2, -0.15) is 0 Å². The molecule has 2 rings (SSSR count). The van der Waals surface area contributed by atoms with E-state index >= 15 is 0 Å². The molecule has 0 bridgehead atoms. The number of nitrogens with one attached hydrogen (secondary N) is 1. The average Bonchev–Trinajstić information content (AvgIpc) is 2.27. The zero-order chi connectivity index (χ0) is 12.6. The molecule has 2 amide bonds. The molecule has 17 heavy (non-hydrogen) atoms. The van der Waals surface area contributed by atoms with Gasteiger partial charge in [-0.25, -0.2) is 0 Å². The molecule has 4 nitrogen and oxygen atoms in total. The number of hydrogen-bond donors (Lipinski definition) is 1. The van der Waals surface area contributed by atoms with Crippen LogP contribution in [0.4, 0.5) is 5.69 Å². The quantitative estimate of drug-likeness (QED) is 0.848. The predicted octanol–water partition coefficient (Wildman–Crippen LogP) is 1.84. The van der Waals surface area contributed by atoms with Crippen molar-refractivity contribution in [3.63, 3.8) is 0 Å². The monoisotopic (exact) mass is 272 g/mol. The van der Waals surface area contributed by atoms with Crippen molar-refractivity contribution in [3.8, 4) is 0 Å². The lowest BCUT2D eigenvalue weighted by atomic mass is 10.2. The molecule has 1 aromatic carbocycles. The summed E-state index contributed by atoms with van der Waals surface area (Å²) in [7, 11) is 0. The second-order valence-electron chi connectivity index (χ2n) is 3.81. The van der Waals surface area contributed by atoms with Crippen LogP contribution in [-0.4, -0.2) is 24.4 Å². The summed E-state index contributed by atoms with van der Waals surface area (Å²) < 4.78 is 0. The number of piperazine rings is 1. The van der Waals surface area contributed by atoms with E-state index in [1.807, 2.05) is 0 Å². The molecule has 1 N–H and O–H groups in total. The number of anilines is 1. The molecule has 1 heterocycles. The van der Waals surface area contributed by atoms with Gasteiger partial charge in [-0.05, 0) is 25.1 Å². The highest BCUT2D eigenvalue weighted by molar-refractivity contribution is 6.36. The molecular formula is C11H10Cl2N2O2. The van der Waals surface area contributed by atoms with Gasteiger partial charge in [0, 0.05) is 5.02 Å². The van der Waals surface area contributed by atoms with Crippen LogP contribution in [0.2, 0.25) is 10.0 Å². The summed E-state index contributed by atoms with van der Waals surface area (Å²) in [5.74, 6) is -0.415. The van der Waals surface area contributed by atoms with E-state index in [1.165, 1.54) is 4.90 Å². The van der Waals surface area contributed by atoms with Crippen LogP contribution in [0.3, 0.4) is 0 Å². The third-order valence-electron chi connectivity index (χ3n) is 2.51. The molecule has 1 aliphatic heterocycles. The minimum absolute atomic E-state index is 0.0385. The van der Waals surface area contributed by atoms with Crippen LogP contribution in [0.5, 0.6) is 0 Å². The van der Waals surface area contributed by atoms with Crippen molar-refractivity contribution in [2.75, 3.05) is 11.4 Å². The average molecular weight is 273 g/mol. The second kappa shape index (κ2) is 4.55. The fourth-order valence-electron chi connectivity index (χ4n) is 1.70. The van der Waals surface area contributed by atoms with E-state index in [1.54, 1.807) is 25.1 Å². The maximum absolute atomic E-state index is 11.9. The van der Waals surface area contributed by atoms with E-state index in [9.17, 15) is 9.59 Å². The van der Waals surface area contributed by atoms with E-state index < -0.39 is 6.04 Å². The van der Waals surface area contributed by atoms with Crippen LogP contribution in [0, 0.1) is 0 Å². The molecule has 1 unspecified atom stereocenters. The SMILES string of the molecule is CC1NC(=O)CN(c2cc(Cl)ccc2Cl)C1=O. The normalized spacial score (nSPS) is 20.4. The third kappa shape index (κ3) is 2.37. The van der Waals surface area contributed by atoms with Gasteiger partial charge in [-0.15, -0.1) is 0 Å². The highest BCUT2D eigenvalue weighted by Crippen LogP contribution is 2.30. The number of amides is 2. The van der Waals surface area contributed by atoms with Crippen LogP contribution >= 0.6 is 23.2 Å². The van der Waals surface area contributed by atoms with Crippen LogP contribution in [0.1, 0.15) is 6.92 Å².